The van der Waals surface area contributed by atoms with E-state index in [1.54, 1.807) is 18.5 Å². The molecule has 0 radical (unpaired) electrons. The van der Waals surface area contributed by atoms with Gasteiger partial charge in [-0.15, -0.1) is 0 Å². The van der Waals surface area contributed by atoms with E-state index in [-0.39, 0.29) is 18.4 Å². The van der Waals surface area contributed by atoms with Gasteiger partial charge in [0.05, 0.1) is 17.6 Å². The van der Waals surface area contributed by atoms with Gasteiger partial charge in [-0.1, -0.05) is 54.1 Å². The lowest BCUT2D eigenvalue weighted by molar-refractivity contribution is -0.117. The average molecular weight is 391 g/mol. The molecule has 0 saturated carbocycles. The molecule has 0 saturated heterocycles. The first-order valence-corrected chi connectivity index (χ1v) is 9.41. The van der Waals surface area contributed by atoms with E-state index in [2.05, 4.69) is 22.4 Å². The first kappa shape index (κ1) is 18.2. The third kappa shape index (κ3) is 4.21. The molecule has 140 valence electrons. The molecule has 0 aliphatic carbocycles. The number of nitrogens with one attached hydrogen (secondary N) is 1. The summed E-state index contributed by atoms with van der Waals surface area (Å²) in [5, 5.41) is 10.1. The Bertz CT molecular complexity index is 974. The van der Waals surface area contributed by atoms with E-state index in [1.165, 1.54) is 5.56 Å². The molecular formula is C22H19ClN4O. The third-order valence-electron chi connectivity index (χ3n) is 4.59. The van der Waals surface area contributed by atoms with Crippen LogP contribution in [0.4, 0.5) is 5.69 Å². The summed E-state index contributed by atoms with van der Waals surface area (Å²) in [7, 11) is 0. The number of aromatic nitrogens is 1. The number of carbonyl (C=O) groups excluding carboxylic acids is 1. The molecule has 0 bridgehead atoms. The minimum atomic E-state index is -0.124. The smallest absolute Gasteiger partial charge is 0.245 e. The molecular weight excluding hydrogens is 372 g/mol. The fourth-order valence-electron chi connectivity index (χ4n) is 3.29. The van der Waals surface area contributed by atoms with E-state index < -0.39 is 0 Å². The predicted molar refractivity (Wildman–Crippen MR) is 112 cm³/mol. The maximum atomic E-state index is 12.4. The molecule has 6 heteroatoms. The molecule has 0 fully saturated rings. The van der Waals surface area contributed by atoms with Crippen LogP contribution in [0.15, 0.2) is 84.2 Å². The molecule has 1 aliphatic heterocycles. The number of halogens is 1. The van der Waals surface area contributed by atoms with Crippen LogP contribution in [0, 0.1) is 0 Å². The van der Waals surface area contributed by atoms with Crippen molar-refractivity contribution < 1.29 is 4.79 Å². The van der Waals surface area contributed by atoms with E-state index >= 15 is 0 Å². The van der Waals surface area contributed by atoms with Crippen LogP contribution in [0.5, 0.6) is 0 Å². The minimum absolute atomic E-state index is 0.0913. The van der Waals surface area contributed by atoms with Gasteiger partial charge in [0.15, 0.2) is 0 Å². The van der Waals surface area contributed by atoms with Crippen molar-refractivity contribution in [3.05, 3.63) is 95.3 Å². The van der Waals surface area contributed by atoms with E-state index in [0.29, 0.717) is 17.3 Å². The molecule has 1 atom stereocenters. The Morgan fingerprint density at radius 3 is 2.57 bits per heavy atom. The SMILES string of the molecule is O=C(CN1CC(c2ccccc2)C(c2ccc(Cl)cc2)=N1)Nc1cccnc1. The summed E-state index contributed by atoms with van der Waals surface area (Å²) in [6.07, 6.45) is 3.29. The van der Waals surface area contributed by atoms with Crippen molar-refractivity contribution in [2.24, 2.45) is 5.10 Å². The lowest BCUT2D eigenvalue weighted by Gasteiger charge is -2.16. The minimum Gasteiger partial charge on any atom is -0.323 e. The van der Waals surface area contributed by atoms with E-state index in [1.807, 2.05) is 53.5 Å². The maximum absolute atomic E-state index is 12.4. The van der Waals surface area contributed by atoms with E-state index in [0.717, 1.165) is 11.3 Å². The highest BCUT2D eigenvalue weighted by molar-refractivity contribution is 6.30. The summed E-state index contributed by atoms with van der Waals surface area (Å²) in [6.45, 7) is 0.817. The van der Waals surface area contributed by atoms with Crippen LogP contribution < -0.4 is 5.32 Å². The van der Waals surface area contributed by atoms with Crippen molar-refractivity contribution in [2.75, 3.05) is 18.4 Å². The van der Waals surface area contributed by atoms with Crippen molar-refractivity contribution in [2.45, 2.75) is 5.92 Å². The number of carbonyl (C=O) groups is 1. The molecule has 2 aromatic carbocycles. The quantitative estimate of drug-likeness (QED) is 0.711. The van der Waals surface area contributed by atoms with Crippen LogP contribution in [0.2, 0.25) is 5.02 Å². The standard InChI is InChI=1S/C22H19ClN4O/c23-18-10-8-17(9-11-18)22-20(16-5-2-1-3-6-16)14-27(26-22)15-21(28)25-19-7-4-12-24-13-19/h1-13,20H,14-15H2,(H,25,28). The predicted octanol–water partition coefficient (Wildman–Crippen LogP) is 4.18. The third-order valence-corrected chi connectivity index (χ3v) is 4.84. The lowest BCUT2D eigenvalue weighted by atomic mass is 9.91. The molecule has 1 aliphatic rings. The Kier molecular flexibility index (Phi) is 5.35. The van der Waals surface area contributed by atoms with Crippen molar-refractivity contribution in [1.82, 2.24) is 9.99 Å². The number of rotatable bonds is 5. The summed E-state index contributed by atoms with van der Waals surface area (Å²) in [4.78, 5) is 16.4. The van der Waals surface area contributed by atoms with Crippen LogP contribution in [-0.4, -0.2) is 34.7 Å². The summed E-state index contributed by atoms with van der Waals surface area (Å²) in [5.74, 6) is -0.0329. The lowest BCUT2D eigenvalue weighted by Crippen LogP contribution is -2.29. The summed E-state index contributed by atoms with van der Waals surface area (Å²) in [5.41, 5.74) is 3.80. The summed E-state index contributed by atoms with van der Waals surface area (Å²) in [6, 6.07) is 21.5. The number of benzene rings is 2. The van der Waals surface area contributed by atoms with Gasteiger partial charge in [0, 0.05) is 23.7 Å². The molecule has 4 rings (SSSR count). The second-order valence-corrected chi connectivity index (χ2v) is 7.03. The Hall–Kier alpha value is -3.18. The molecule has 1 unspecified atom stereocenters. The second kappa shape index (κ2) is 8.23. The number of pyridine rings is 1. The number of nitrogens with zero attached hydrogens (tertiary/aromatic N) is 3. The van der Waals surface area contributed by atoms with Crippen LogP contribution in [-0.2, 0) is 4.79 Å². The Balaban J connectivity index is 1.55. The molecule has 1 N–H and O–H groups in total. The van der Waals surface area contributed by atoms with Crippen molar-refractivity contribution >= 4 is 28.9 Å². The topological polar surface area (TPSA) is 57.6 Å². The van der Waals surface area contributed by atoms with Crippen molar-refractivity contribution in [3.8, 4) is 0 Å². The second-order valence-electron chi connectivity index (χ2n) is 6.59. The highest BCUT2D eigenvalue weighted by Crippen LogP contribution is 2.29. The zero-order valence-corrected chi connectivity index (χ0v) is 15.9. The number of hydrazone groups is 1. The van der Waals surface area contributed by atoms with E-state index in [9.17, 15) is 4.79 Å². The molecule has 5 nitrogen and oxygen atoms in total. The van der Waals surface area contributed by atoms with Crippen LogP contribution in [0.3, 0.4) is 0 Å². The van der Waals surface area contributed by atoms with Gasteiger partial charge in [-0.05, 0) is 35.4 Å². The van der Waals surface area contributed by atoms with Gasteiger partial charge in [-0.25, -0.2) is 0 Å². The van der Waals surface area contributed by atoms with Gasteiger partial charge in [-0.2, -0.15) is 5.10 Å². The van der Waals surface area contributed by atoms with E-state index in [4.69, 9.17) is 16.7 Å². The molecule has 1 aromatic heterocycles. The zero-order valence-electron chi connectivity index (χ0n) is 15.1. The van der Waals surface area contributed by atoms with Crippen molar-refractivity contribution in [1.29, 1.82) is 0 Å². The van der Waals surface area contributed by atoms with Crippen LogP contribution >= 0.6 is 11.6 Å². The number of hydrogen-bond acceptors (Lipinski definition) is 4. The van der Waals surface area contributed by atoms with Gasteiger partial charge in [0.2, 0.25) is 5.91 Å². The van der Waals surface area contributed by atoms with Gasteiger partial charge in [0.1, 0.15) is 6.54 Å². The molecule has 1 amide bonds. The van der Waals surface area contributed by atoms with Gasteiger partial charge < -0.3 is 5.32 Å². The normalized spacial score (nSPS) is 16.0. The molecule has 3 aromatic rings. The van der Waals surface area contributed by atoms with Crippen LogP contribution in [0.1, 0.15) is 17.0 Å². The van der Waals surface area contributed by atoms with Crippen LogP contribution in [0.25, 0.3) is 0 Å². The molecule has 2 heterocycles. The Morgan fingerprint density at radius 1 is 1.07 bits per heavy atom. The highest BCUT2D eigenvalue weighted by atomic mass is 35.5. The maximum Gasteiger partial charge on any atom is 0.245 e. The average Bonchev–Trinajstić information content (AvgIpc) is 3.13. The summed E-state index contributed by atoms with van der Waals surface area (Å²) < 4.78 is 0. The van der Waals surface area contributed by atoms with Gasteiger partial charge in [-0.3, -0.25) is 14.8 Å². The Labute approximate surface area is 168 Å². The van der Waals surface area contributed by atoms with Crippen molar-refractivity contribution in [3.63, 3.8) is 0 Å². The van der Waals surface area contributed by atoms with Gasteiger partial charge >= 0.3 is 0 Å². The zero-order chi connectivity index (χ0) is 19.3. The number of amides is 1. The largest absolute Gasteiger partial charge is 0.323 e. The Morgan fingerprint density at radius 2 is 1.86 bits per heavy atom. The number of anilines is 1. The fourth-order valence-corrected chi connectivity index (χ4v) is 3.42. The molecule has 28 heavy (non-hydrogen) atoms. The van der Waals surface area contributed by atoms with Gasteiger partial charge in [0.25, 0.3) is 0 Å². The highest BCUT2D eigenvalue weighted by Gasteiger charge is 2.30. The number of hydrogen-bond donors (Lipinski definition) is 1. The first-order chi connectivity index (χ1) is 13.7. The molecule has 0 spiro atoms. The summed E-state index contributed by atoms with van der Waals surface area (Å²) >= 11 is 6.04. The first-order valence-electron chi connectivity index (χ1n) is 9.03. The fraction of sp³-hybridized carbons (Fsp3) is 0.136. The monoisotopic (exact) mass is 390 g/mol.